The number of hydrogen-bond donors (Lipinski definition) is 1. The van der Waals surface area contributed by atoms with Crippen LogP contribution in [0.3, 0.4) is 0 Å². The maximum Gasteiger partial charge on any atom is 0.311 e. The van der Waals surface area contributed by atoms with E-state index in [1.54, 1.807) is 24.0 Å². The van der Waals surface area contributed by atoms with Crippen molar-refractivity contribution >= 4 is 35.1 Å². The highest BCUT2D eigenvalue weighted by molar-refractivity contribution is 6.42. The number of halogens is 2. The Morgan fingerprint density at radius 2 is 1.87 bits per heavy atom. The summed E-state index contributed by atoms with van der Waals surface area (Å²) in [6, 6.07) is 5.35. The van der Waals surface area contributed by atoms with Gasteiger partial charge < -0.3 is 10.0 Å². The van der Waals surface area contributed by atoms with Crippen LogP contribution in [0.15, 0.2) is 18.2 Å². The lowest BCUT2D eigenvalue weighted by Crippen LogP contribution is -2.51. The number of carbonyl (C=O) groups excluding carboxylic acids is 1. The minimum absolute atomic E-state index is 0.0205. The van der Waals surface area contributed by atoms with Crippen LogP contribution in [-0.4, -0.2) is 35.0 Å². The van der Waals surface area contributed by atoms with E-state index in [4.69, 9.17) is 23.2 Å². The molecule has 1 unspecified atom stereocenters. The highest BCUT2D eigenvalue weighted by atomic mass is 35.5. The highest BCUT2D eigenvalue weighted by Gasteiger charge is 2.51. The predicted molar refractivity (Wildman–Crippen MR) is 88.9 cm³/mol. The third-order valence-electron chi connectivity index (χ3n) is 5.37. The molecule has 1 aromatic carbocycles. The zero-order valence-corrected chi connectivity index (χ0v) is 14.5. The third kappa shape index (κ3) is 2.62. The quantitative estimate of drug-likeness (QED) is 0.898. The molecule has 124 valence electrons. The smallest absolute Gasteiger partial charge is 0.311 e. The summed E-state index contributed by atoms with van der Waals surface area (Å²) in [5.74, 6) is -0.822. The molecule has 4 nitrogen and oxygen atoms in total. The van der Waals surface area contributed by atoms with E-state index in [-0.39, 0.29) is 12.5 Å². The van der Waals surface area contributed by atoms with Crippen molar-refractivity contribution in [2.24, 2.45) is 5.41 Å². The van der Waals surface area contributed by atoms with Crippen LogP contribution in [0.1, 0.15) is 38.2 Å². The van der Waals surface area contributed by atoms with Crippen LogP contribution in [0.25, 0.3) is 0 Å². The number of amides is 1. The fourth-order valence-corrected chi connectivity index (χ4v) is 3.86. The maximum absolute atomic E-state index is 13.1. The van der Waals surface area contributed by atoms with Crippen molar-refractivity contribution < 1.29 is 14.7 Å². The van der Waals surface area contributed by atoms with E-state index in [2.05, 4.69) is 0 Å². The topological polar surface area (TPSA) is 57.6 Å². The first kappa shape index (κ1) is 16.6. The fraction of sp³-hybridized carbons (Fsp3) is 0.529. The van der Waals surface area contributed by atoms with Crippen LogP contribution in [0.5, 0.6) is 0 Å². The Bertz CT molecular complexity index is 672. The molecule has 0 radical (unpaired) electrons. The van der Waals surface area contributed by atoms with Crippen LogP contribution in [0.2, 0.25) is 10.0 Å². The molecule has 2 fully saturated rings. The minimum Gasteiger partial charge on any atom is -0.481 e. The largest absolute Gasteiger partial charge is 0.481 e. The van der Waals surface area contributed by atoms with Gasteiger partial charge in [-0.1, -0.05) is 35.7 Å². The SMILES string of the molecule is CC1(C(=O)O)CCN(C(=O)C2(c3ccc(Cl)c(Cl)c3)CCC2)C1. The molecule has 0 aromatic heterocycles. The molecule has 2 aliphatic rings. The van der Waals surface area contributed by atoms with Crippen LogP contribution < -0.4 is 0 Å². The lowest BCUT2D eigenvalue weighted by Gasteiger charge is -2.43. The lowest BCUT2D eigenvalue weighted by molar-refractivity contribution is -0.148. The Morgan fingerprint density at radius 3 is 2.35 bits per heavy atom. The number of rotatable bonds is 3. The number of aliphatic carboxylic acids is 1. The zero-order chi connectivity index (χ0) is 16.8. The summed E-state index contributed by atoms with van der Waals surface area (Å²) in [5.41, 5.74) is -0.539. The first-order chi connectivity index (χ1) is 10.8. The summed E-state index contributed by atoms with van der Waals surface area (Å²) >= 11 is 12.1. The van der Waals surface area contributed by atoms with E-state index in [0.717, 1.165) is 24.8 Å². The lowest BCUT2D eigenvalue weighted by atomic mass is 9.63. The number of hydrogen-bond acceptors (Lipinski definition) is 2. The second-order valence-corrected chi connectivity index (χ2v) is 7.72. The Labute approximate surface area is 145 Å². The molecule has 1 aliphatic heterocycles. The molecule has 6 heteroatoms. The van der Waals surface area contributed by atoms with Gasteiger partial charge in [0.05, 0.1) is 20.9 Å². The molecule has 1 aliphatic carbocycles. The summed E-state index contributed by atoms with van der Waals surface area (Å²) in [6.45, 7) is 2.46. The predicted octanol–water partition coefficient (Wildman–Crippen LogP) is 3.74. The Balaban J connectivity index is 1.87. The standard InChI is InChI=1S/C17H19Cl2NO3/c1-16(15(22)23)7-8-20(10-16)14(21)17(5-2-6-17)11-3-4-12(18)13(19)9-11/h3-4,9H,2,5-8,10H2,1H3,(H,22,23). The molecular formula is C17H19Cl2NO3. The van der Waals surface area contributed by atoms with Crippen molar-refractivity contribution in [2.45, 2.75) is 38.0 Å². The van der Waals surface area contributed by atoms with Gasteiger partial charge in [0.1, 0.15) is 0 Å². The van der Waals surface area contributed by atoms with Gasteiger partial charge in [-0.2, -0.15) is 0 Å². The molecule has 23 heavy (non-hydrogen) atoms. The van der Waals surface area contributed by atoms with Gasteiger partial charge in [-0.3, -0.25) is 9.59 Å². The molecule has 0 bridgehead atoms. The van der Waals surface area contributed by atoms with Gasteiger partial charge in [0.2, 0.25) is 5.91 Å². The van der Waals surface area contributed by atoms with E-state index >= 15 is 0 Å². The maximum atomic E-state index is 13.1. The van der Waals surface area contributed by atoms with Gasteiger partial charge in [0.25, 0.3) is 0 Å². The van der Waals surface area contributed by atoms with Crippen molar-refractivity contribution in [3.63, 3.8) is 0 Å². The van der Waals surface area contributed by atoms with E-state index in [1.807, 2.05) is 6.07 Å². The number of benzene rings is 1. The molecule has 1 heterocycles. The van der Waals surface area contributed by atoms with Crippen molar-refractivity contribution in [1.29, 1.82) is 0 Å². The first-order valence-corrected chi connectivity index (χ1v) is 8.52. The number of carbonyl (C=O) groups is 2. The molecular weight excluding hydrogens is 337 g/mol. The van der Waals surface area contributed by atoms with Gasteiger partial charge in [-0.25, -0.2) is 0 Å². The Morgan fingerprint density at radius 1 is 1.17 bits per heavy atom. The van der Waals surface area contributed by atoms with Gasteiger partial charge in [-0.05, 0) is 43.9 Å². The normalized spacial score (nSPS) is 26.0. The average molecular weight is 356 g/mol. The summed E-state index contributed by atoms with van der Waals surface area (Å²) < 4.78 is 0. The summed E-state index contributed by atoms with van der Waals surface area (Å²) in [5, 5.41) is 10.3. The van der Waals surface area contributed by atoms with Gasteiger partial charge in [-0.15, -0.1) is 0 Å². The van der Waals surface area contributed by atoms with Crippen LogP contribution >= 0.6 is 23.2 Å². The van der Waals surface area contributed by atoms with E-state index in [1.165, 1.54) is 0 Å². The minimum atomic E-state index is -0.849. The van der Waals surface area contributed by atoms with E-state index < -0.39 is 16.8 Å². The van der Waals surface area contributed by atoms with Crippen molar-refractivity contribution in [1.82, 2.24) is 4.90 Å². The molecule has 3 rings (SSSR count). The summed E-state index contributed by atoms with van der Waals surface area (Å²) in [7, 11) is 0. The van der Waals surface area contributed by atoms with Crippen LogP contribution in [-0.2, 0) is 15.0 Å². The third-order valence-corrected chi connectivity index (χ3v) is 6.10. The molecule has 1 saturated carbocycles. The summed E-state index contributed by atoms with van der Waals surface area (Å²) in [6.07, 6.45) is 3.01. The highest BCUT2D eigenvalue weighted by Crippen LogP contribution is 2.47. The monoisotopic (exact) mass is 355 g/mol. The van der Waals surface area contributed by atoms with E-state index in [9.17, 15) is 14.7 Å². The number of carboxylic acid groups (broad SMARTS) is 1. The Hall–Kier alpha value is -1.26. The Kier molecular flexibility index (Phi) is 4.09. The summed E-state index contributed by atoms with van der Waals surface area (Å²) in [4.78, 5) is 26.2. The average Bonchev–Trinajstić information content (AvgIpc) is 2.85. The molecule has 1 atom stereocenters. The first-order valence-electron chi connectivity index (χ1n) is 7.77. The van der Waals surface area contributed by atoms with Crippen molar-refractivity contribution in [3.8, 4) is 0 Å². The van der Waals surface area contributed by atoms with Crippen molar-refractivity contribution in [3.05, 3.63) is 33.8 Å². The number of nitrogens with zero attached hydrogens (tertiary/aromatic N) is 1. The molecule has 1 aromatic rings. The number of carboxylic acids is 1. The molecule has 1 amide bonds. The van der Waals surface area contributed by atoms with E-state index in [0.29, 0.717) is 23.0 Å². The number of likely N-dealkylation sites (tertiary alicyclic amines) is 1. The van der Waals surface area contributed by atoms with Gasteiger partial charge in [0, 0.05) is 13.1 Å². The zero-order valence-electron chi connectivity index (χ0n) is 12.9. The second-order valence-electron chi connectivity index (χ2n) is 6.91. The van der Waals surface area contributed by atoms with Crippen LogP contribution in [0, 0.1) is 5.41 Å². The van der Waals surface area contributed by atoms with Gasteiger partial charge in [0.15, 0.2) is 0 Å². The molecule has 1 N–H and O–H groups in total. The van der Waals surface area contributed by atoms with Crippen molar-refractivity contribution in [2.75, 3.05) is 13.1 Å². The fourth-order valence-electron chi connectivity index (χ4n) is 3.56. The molecule has 0 spiro atoms. The second kappa shape index (κ2) is 5.67. The molecule has 1 saturated heterocycles. The van der Waals surface area contributed by atoms with Crippen LogP contribution in [0.4, 0.5) is 0 Å². The van der Waals surface area contributed by atoms with Gasteiger partial charge >= 0.3 is 5.97 Å².